The molecular formula is C22H23BrN4S. The smallest absolute Gasteiger partial charge is 0.174 e. The first-order valence-corrected chi connectivity index (χ1v) is 10.2. The number of thiocarbonyl (C=S) groups is 1. The van der Waals surface area contributed by atoms with Crippen molar-refractivity contribution < 1.29 is 0 Å². The molecule has 0 aliphatic carbocycles. The Hall–Kier alpha value is -2.44. The maximum absolute atomic E-state index is 5.73. The highest BCUT2D eigenvalue weighted by Crippen LogP contribution is 2.18. The third-order valence-corrected chi connectivity index (χ3v) is 5.19. The minimum atomic E-state index is 0.683. The maximum Gasteiger partial charge on any atom is 0.174 e. The summed E-state index contributed by atoms with van der Waals surface area (Å²) in [6.45, 7) is 1.40. The summed E-state index contributed by atoms with van der Waals surface area (Å²) in [4.78, 5) is 8.47. The van der Waals surface area contributed by atoms with Crippen LogP contribution in [0.4, 0.5) is 11.4 Å². The summed E-state index contributed by atoms with van der Waals surface area (Å²) in [6.07, 6.45) is 3.66. The van der Waals surface area contributed by atoms with Gasteiger partial charge in [0.1, 0.15) is 0 Å². The van der Waals surface area contributed by atoms with E-state index in [4.69, 9.17) is 12.2 Å². The number of rotatable bonds is 6. The fourth-order valence-electron chi connectivity index (χ4n) is 2.77. The summed E-state index contributed by atoms with van der Waals surface area (Å²) >= 11 is 9.19. The Morgan fingerprint density at radius 3 is 2.25 bits per heavy atom. The molecule has 0 spiro atoms. The molecule has 0 saturated carbocycles. The lowest BCUT2D eigenvalue weighted by atomic mass is 10.1. The summed E-state index contributed by atoms with van der Waals surface area (Å²) in [5.41, 5.74) is 4.47. The average Bonchev–Trinajstić information content (AvgIpc) is 2.70. The summed E-state index contributed by atoms with van der Waals surface area (Å²) < 4.78 is 1.04. The van der Waals surface area contributed by atoms with Crippen LogP contribution in [0.5, 0.6) is 0 Å². The number of pyridine rings is 1. The lowest BCUT2D eigenvalue weighted by Crippen LogP contribution is -2.33. The van der Waals surface area contributed by atoms with E-state index < -0.39 is 0 Å². The molecule has 0 fully saturated rings. The molecule has 0 unspecified atom stereocenters. The van der Waals surface area contributed by atoms with E-state index in [-0.39, 0.29) is 0 Å². The van der Waals surface area contributed by atoms with E-state index >= 15 is 0 Å². The van der Waals surface area contributed by atoms with Crippen LogP contribution in [-0.2, 0) is 13.1 Å². The number of nitrogens with one attached hydrogen (secondary N) is 1. The molecular weight excluding hydrogens is 432 g/mol. The van der Waals surface area contributed by atoms with Crippen molar-refractivity contribution in [1.29, 1.82) is 0 Å². The van der Waals surface area contributed by atoms with Gasteiger partial charge in [0.25, 0.3) is 0 Å². The number of anilines is 2. The summed E-state index contributed by atoms with van der Waals surface area (Å²) in [6, 6.07) is 20.6. The van der Waals surface area contributed by atoms with Gasteiger partial charge >= 0.3 is 0 Å². The largest absolute Gasteiger partial charge is 0.378 e. The van der Waals surface area contributed by atoms with Crippen LogP contribution in [-0.4, -0.2) is 29.1 Å². The number of nitrogens with zero attached hydrogens (tertiary/aromatic N) is 3. The van der Waals surface area contributed by atoms with Crippen molar-refractivity contribution in [3.05, 3.63) is 88.7 Å². The zero-order chi connectivity index (χ0) is 19.9. The van der Waals surface area contributed by atoms with Gasteiger partial charge in [0, 0.05) is 55.4 Å². The van der Waals surface area contributed by atoms with Crippen molar-refractivity contribution in [3.8, 4) is 0 Å². The molecule has 0 bridgehead atoms. The fraction of sp³-hybridized carbons (Fsp3) is 0.182. The molecule has 0 aliphatic heterocycles. The van der Waals surface area contributed by atoms with Gasteiger partial charge < -0.3 is 15.1 Å². The number of aromatic nitrogens is 1. The van der Waals surface area contributed by atoms with E-state index in [9.17, 15) is 0 Å². The first-order chi connectivity index (χ1) is 13.5. The molecule has 2 aromatic carbocycles. The van der Waals surface area contributed by atoms with Crippen LogP contribution in [0.2, 0.25) is 0 Å². The van der Waals surface area contributed by atoms with Crippen molar-refractivity contribution >= 4 is 44.6 Å². The van der Waals surface area contributed by atoms with Crippen molar-refractivity contribution in [2.45, 2.75) is 13.1 Å². The number of hydrogen-bond donors (Lipinski definition) is 1. The van der Waals surface area contributed by atoms with Crippen LogP contribution in [0.25, 0.3) is 0 Å². The van der Waals surface area contributed by atoms with E-state index in [1.54, 1.807) is 6.20 Å². The molecule has 28 heavy (non-hydrogen) atoms. The molecule has 4 nitrogen and oxygen atoms in total. The van der Waals surface area contributed by atoms with Gasteiger partial charge in [-0.25, -0.2) is 0 Å². The Balaban J connectivity index is 1.77. The van der Waals surface area contributed by atoms with E-state index in [2.05, 4.69) is 66.4 Å². The Morgan fingerprint density at radius 1 is 0.964 bits per heavy atom. The van der Waals surface area contributed by atoms with Crippen LogP contribution in [0.3, 0.4) is 0 Å². The molecule has 1 aromatic heterocycles. The van der Waals surface area contributed by atoms with Crippen LogP contribution in [0.1, 0.15) is 11.1 Å². The molecule has 6 heteroatoms. The molecule has 0 radical (unpaired) electrons. The molecule has 0 aliphatic rings. The first-order valence-electron chi connectivity index (χ1n) is 8.98. The van der Waals surface area contributed by atoms with E-state index in [0.717, 1.165) is 15.7 Å². The van der Waals surface area contributed by atoms with Crippen molar-refractivity contribution in [3.63, 3.8) is 0 Å². The van der Waals surface area contributed by atoms with Gasteiger partial charge in [-0.15, -0.1) is 0 Å². The third kappa shape index (κ3) is 5.78. The lowest BCUT2D eigenvalue weighted by molar-refractivity contribution is 0.412. The van der Waals surface area contributed by atoms with Gasteiger partial charge in [-0.05, 0) is 65.8 Å². The van der Waals surface area contributed by atoms with Crippen LogP contribution >= 0.6 is 28.1 Å². The Morgan fingerprint density at radius 2 is 1.64 bits per heavy atom. The predicted octanol–water partition coefficient (Wildman–Crippen LogP) is 5.31. The lowest BCUT2D eigenvalue weighted by Gasteiger charge is -2.26. The normalized spacial score (nSPS) is 10.4. The molecule has 0 atom stereocenters. The van der Waals surface area contributed by atoms with Gasteiger partial charge in [0.05, 0.1) is 0 Å². The minimum Gasteiger partial charge on any atom is -0.378 e. The Bertz CT molecular complexity index is 896. The molecule has 0 saturated heterocycles. The van der Waals surface area contributed by atoms with Gasteiger partial charge in [-0.3, -0.25) is 4.98 Å². The standard InChI is InChI=1S/C22H23BrN4S/c1-26(2)21-11-5-17(6-12-21)15-27(16-18-4-3-13-24-14-18)22(28)25-20-9-7-19(23)8-10-20/h3-14H,15-16H2,1-2H3,(H,25,28). The zero-order valence-electron chi connectivity index (χ0n) is 16.0. The second-order valence-electron chi connectivity index (χ2n) is 6.72. The topological polar surface area (TPSA) is 31.4 Å². The first kappa shape index (κ1) is 20.3. The van der Waals surface area contributed by atoms with Gasteiger partial charge in [0.2, 0.25) is 0 Å². The van der Waals surface area contributed by atoms with Crippen LogP contribution in [0.15, 0.2) is 77.5 Å². The molecule has 0 amide bonds. The molecule has 3 aromatic rings. The maximum atomic E-state index is 5.73. The summed E-state index contributed by atoms with van der Waals surface area (Å²) in [7, 11) is 4.09. The monoisotopic (exact) mass is 454 g/mol. The van der Waals surface area contributed by atoms with Crippen molar-refractivity contribution in [2.75, 3.05) is 24.3 Å². The van der Waals surface area contributed by atoms with Crippen LogP contribution in [0, 0.1) is 0 Å². The third-order valence-electron chi connectivity index (χ3n) is 4.31. The minimum absolute atomic E-state index is 0.683. The van der Waals surface area contributed by atoms with Gasteiger partial charge in [-0.1, -0.05) is 34.1 Å². The highest BCUT2D eigenvalue weighted by Gasteiger charge is 2.12. The van der Waals surface area contributed by atoms with Gasteiger partial charge in [0.15, 0.2) is 5.11 Å². The molecule has 1 N–H and O–H groups in total. The summed E-state index contributed by atoms with van der Waals surface area (Å²) in [5.74, 6) is 0. The highest BCUT2D eigenvalue weighted by atomic mass is 79.9. The molecule has 3 rings (SSSR count). The second-order valence-corrected chi connectivity index (χ2v) is 8.02. The number of halogens is 1. The van der Waals surface area contributed by atoms with E-state index in [1.165, 1.54) is 11.3 Å². The molecule has 144 valence electrons. The molecule has 1 heterocycles. The summed E-state index contributed by atoms with van der Waals surface area (Å²) in [5, 5.41) is 4.03. The average molecular weight is 455 g/mol. The van der Waals surface area contributed by atoms with E-state index in [1.807, 2.05) is 50.6 Å². The highest BCUT2D eigenvalue weighted by molar-refractivity contribution is 9.10. The van der Waals surface area contributed by atoms with E-state index in [0.29, 0.717) is 18.2 Å². The van der Waals surface area contributed by atoms with Gasteiger partial charge in [-0.2, -0.15) is 0 Å². The number of hydrogen-bond acceptors (Lipinski definition) is 3. The fourth-order valence-corrected chi connectivity index (χ4v) is 3.28. The second kappa shape index (κ2) is 9.66. The number of benzene rings is 2. The van der Waals surface area contributed by atoms with Crippen LogP contribution < -0.4 is 10.2 Å². The zero-order valence-corrected chi connectivity index (χ0v) is 18.4. The van der Waals surface area contributed by atoms with Crippen molar-refractivity contribution in [1.82, 2.24) is 9.88 Å². The van der Waals surface area contributed by atoms with Crippen molar-refractivity contribution in [2.24, 2.45) is 0 Å². The Labute approximate surface area is 180 Å². The predicted molar refractivity (Wildman–Crippen MR) is 125 cm³/mol. The SMILES string of the molecule is CN(C)c1ccc(CN(Cc2cccnc2)C(=S)Nc2ccc(Br)cc2)cc1. The Kier molecular flexibility index (Phi) is 7.01. The quantitative estimate of drug-likeness (QED) is 0.510.